The highest BCUT2D eigenvalue weighted by atomic mass is 32.4. The average molecular weight is 238 g/mol. The van der Waals surface area contributed by atoms with Crippen molar-refractivity contribution < 1.29 is 0 Å². The zero-order chi connectivity index (χ0) is 10.9. The molecular formula is C13H19PS. The summed E-state index contributed by atoms with van der Waals surface area (Å²) in [7, 11) is 0. The summed E-state index contributed by atoms with van der Waals surface area (Å²) in [6.07, 6.45) is 16.2. The Morgan fingerprint density at radius 3 is 2.73 bits per heavy atom. The van der Waals surface area contributed by atoms with Gasteiger partial charge in [0.15, 0.2) is 0 Å². The van der Waals surface area contributed by atoms with E-state index >= 15 is 0 Å². The van der Waals surface area contributed by atoms with Gasteiger partial charge < -0.3 is 0 Å². The highest BCUT2D eigenvalue weighted by Gasteiger charge is 2.41. The predicted molar refractivity (Wildman–Crippen MR) is 73.7 cm³/mol. The van der Waals surface area contributed by atoms with Crippen molar-refractivity contribution in [3.8, 4) is 0 Å². The molecule has 0 amide bonds. The second kappa shape index (κ2) is 4.03. The second-order valence-corrected chi connectivity index (χ2v) is 10.2. The van der Waals surface area contributed by atoms with E-state index in [1.54, 1.807) is 0 Å². The van der Waals surface area contributed by atoms with Gasteiger partial charge in [-0.05, 0) is 38.1 Å². The van der Waals surface area contributed by atoms with Crippen molar-refractivity contribution in [2.75, 3.05) is 12.3 Å². The molecule has 1 aliphatic carbocycles. The molecule has 2 atom stereocenters. The van der Waals surface area contributed by atoms with E-state index < -0.39 is 6.04 Å². The zero-order valence-corrected chi connectivity index (χ0v) is 11.3. The van der Waals surface area contributed by atoms with E-state index in [-0.39, 0.29) is 0 Å². The smallest absolute Gasteiger partial charge is 0.0215 e. The minimum atomic E-state index is -1.23. The van der Waals surface area contributed by atoms with Crippen molar-refractivity contribution in [2.45, 2.75) is 31.8 Å². The van der Waals surface area contributed by atoms with Crippen LogP contribution in [0.15, 0.2) is 36.0 Å². The first-order valence-electron chi connectivity index (χ1n) is 5.70. The van der Waals surface area contributed by atoms with Crippen molar-refractivity contribution in [1.29, 1.82) is 0 Å². The number of allylic oxidation sites excluding steroid dienone is 6. The third kappa shape index (κ3) is 1.81. The molecule has 0 nitrogen and oxygen atoms in total. The van der Waals surface area contributed by atoms with Gasteiger partial charge in [-0.15, -0.1) is 0 Å². The van der Waals surface area contributed by atoms with Crippen molar-refractivity contribution in [2.24, 2.45) is 0 Å². The van der Waals surface area contributed by atoms with Gasteiger partial charge in [-0.1, -0.05) is 54.7 Å². The summed E-state index contributed by atoms with van der Waals surface area (Å²) >= 11 is 6.05. The van der Waals surface area contributed by atoms with Crippen LogP contribution in [0.25, 0.3) is 0 Å². The SMILES string of the molecule is CCC1(P2(=S)CC=C(C)C2)C=CC=CC1. The summed E-state index contributed by atoms with van der Waals surface area (Å²) in [5.74, 6) is 0. The largest absolute Gasteiger partial charge is 0.0959 e. The van der Waals surface area contributed by atoms with E-state index in [4.69, 9.17) is 11.8 Å². The van der Waals surface area contributed by atoms with Gasteiger partial charge in [-0.2, -0.15) is 0 Å². The molecule has 0 N–H and O–H groups in total. The van der Waals surface area contributed by atoms with Gasteiger partial charge in [0, 0.05) is 5.16 Å². The van der Waals surface area contributed by atoms with E-state index in [0.29, 0.717) is 5.16 Å². The molecule has 2 aliphatic rings. The van der Waals surface area contributed by atoms with Crippen molar-refractivity contribution in [3.05, 3.63) is 36.0 Å². The highest BCUT2D eigenvalue weighted by molar-refractivity contribution is 8.15. The number of rotatable bonds is 2. The molecule has 1 aliphatic heterocycles. The lowest BCUT2D eigenvalue weighted by atomic mass is 9.97. The Bertz CT molecular complexity index is 389. The maximum absolute atomic E-state index is 6.05. The highest BCUT2D eigenvalue weighted by Crippen LogP contribution is 2.66. The van der Waals surface area contributed by atoms with Crippen molar-refractivity contribution in [3.63, 3.8) is 0 Å². The molecule has 0 aromatic rings. The fourth-order valence-electron chi connectivity index (χ4n) is 2.68. The van der Waals surface area contributed by atoms with E-state index in [2.05, 4.69) is 44.2 Å². The van der Waals surface area contributed by atoms with Crippen LogP contribution in [0.3, 0.4) is 0 Å². The Labute approximate surface area is 98.2 Å². The molecule has 0 bridgehead atoms. The molecule has 0 spiro atoms. The monoisotopic (exact) mass is 238 g/mol. The maximum Gasteiger partial charge on any atom is 0.0215 e. The van der Waals surface area contributed by atoms with Crippen LogP contribution in [0.5, 0.6) is 0 Å². The summed E-state index contributed by atoms with van der Waals surface area (Å²) in [5.41, 5.74) is 1.52. The Kier molecular flexibility index (Phi) is 3.05. The lowest BCUT2D eigenvalue weighted by Gasteiger charge is -2.40. The van der Waals surface area contributed by atoms with E-state index in [1.165, 1.54) is 30.7 Å². The fourth-order valence-corrected chi connectivity index (χ4v) is 8.03. The predicted octanol–water partition coefficient (Wildman–Crippen LogP) is 4.09. The van der Waals surface area contributed by atoms with Crippen LogP contribution in [0.2, 0.25) is 0 Å². The fraction of sp³-hybridized carbons (Fsp3) is 0.538. The molecule has 82 valence electrons. The molecular weight excluding hydrogens is 219 g/mol. The van der Waals surface area contributed by atoms with Gasteiger partial charge >= 0.3 is 0 Å². The summed E-state index contributed by atoms with van der Waals surface area (Å²) in [4.78, 5) is 0. The van der Waals surface area contributed by atoms with Crippen LogP contribution in [0.4, 0.5) is 0 Å². The lowest BCUT2D eigenvalue weighted by Crippen LogP contribution is -2.27. The summed E-state index contributed by atoms with van der Waals surface area (Å²) in [6, 6.07) is -1.23. The van der Waals surface area contributed by atoms with Crippen molar-refractivity contribution in [1.82, 2.24) is 0 Å². The van der Waals surface area contributed by atoms with Gasteiger partial charge in [-0.25, -0.2) is 0 Å². The molecule has 0 radical (unpaired) electrons. The third-order valence-electron chi connectivity index (χ3n) is 3.79. The Morgan fingerprint density at radius 2 is 2.27 bits per heavy atom. The molecule has 15 heavy (non-hydrogen) atoms. The number of hydrogen-bond donors (Lipinski definition) is 0. The molecule has 2 heteroatoms. The Balaban J connectivity index is 2.32. The van der Waals surface area contributed by atoms with Crippen LogP contribution in [-0.4, -0.2) is 17.5 Å². The maximum atomic E-state index is 6.05. The van der Waals surface area contributed by atoms with Gasteiger partial charge in [0.1, 0.15) is 0 Å². The molecule has 1 heterocycles. The van der Waals surface area contributed by atoms with E-state index in [9.17, 15) is 0 Å². The molecule has 2 rings (SSSR count). The first-order chi connectivity index (χ1) is 7.12. The molecule has 0 aromatic carbocycles. The van der Waals surface area contributed by atoms with Gasteiger partial charge in [0.2, 0.25) is 0 Å². The van der Waals surface area contributed by atoms with Gasteiger partial charge in [-0.3, -0.25) is 0 Å². The minimum absolute atomic E-state index is 0.325. The van der Waals surface area contributed by atoms with E-state index in [0.717, 1.165) is 0 Å². The van der Waals surface area contributed by atoms with Crippen LogP contribution in [-0.2, 0) is 11.8 Å². The summed E-state index contributed by atoms with van der Waals surface area (Å²) in [5, 5.41) is 0.325. The summed E-state index contributed by atoms with van der Waals surface area (Å²) in [6.45, 7) is 4.53. The number of hydrogen-bond acceptors (Lipinski definition) is 1. The quantitative estimate of drug-likeness (QED) is 0.516. The molecule has 0 saturated heterocycles. The summed E-state index contributed by atoms with van der Waals surface area (Å²) < 4.78 is 0. The van der Waals surface area contributed by atoms with Crippen LogP contribution in [0, 0.1) is 0 Å². The normalized spacial score (nSPS) is 39.5. The van der Waals surface area contributed by atoms with Crippen LogP contribution < -0.4 is 0 Å². The van der Waals surface area contributed by atoms with Crippen LogP contribution in [0.1, 0.15) is 26.7 Å². The molecule has 0 saturated carbocycles. The van der Waals surface area contributed by atoms with Gasteiger partial charge in [0.25, 0.3) is 0 Å². The van der Waals surface area contributed by atoms with E-state index in [1.807, 2.05) is 0 Å². The Hall–Kier alpha value is -0.130. The molecule has 0 fully saturated rings. The van der Waals surface area contributed by atoms with Crippen molar-refractivity contribution >= 4 is 17.8 Å². The molecule has 2 unspecified atom stereocenters. The third-order valence-corrected chi connectivity index (χ3v) is 9.77. The standard InChI is InChI=1S/C13H19PS/c1-3-13(8-5-4-6-9-13)14(15)10-7-12(2)11-14/h4-8H,3,9-11H2,1-2H3. The Morgan fingerprint density at radius 1 is 1.47 bits per heavy atom. The average Bonchev–Trinajstić information content (AvgIpc) is 2.61. The first kappa shape index (κ1) is 11.4. The zero-order valence-electron chi connectivity index (χ0n) is 9.57. The first-order valence-corrected chi connectivity index (χ1v) is 8.87. The topological polar surface area (TPSA) is 0 Å². The van der Waals surface area contributed by atoms with Gasteiger partial charge in [0.05, 0.1) is 0 Å². The minimum Gasteiger partial charge on any atom is -0.0959 e. The lowest BCUT2D eigenvalue weighted by molar-refractivity contribution is 0.673. The molecule has 0 aromatic heterocycles. The second-order valence-electron chi connectivity index (χ2n) is 4.73. The van der Waals surface area contributed by atoms with Crippen LogP contribution >= 0.6 is 6.04 Å².